The molecule has 1 fully saturated rings. The van der Waals surface area contributed by atoms with Crippen molar-refractivity contribution in [3.05, 3.63) is 65.2 Å². The van der Waals surface area contributed by atoms with E-state index in [4.69, 9.17) is 13.8 Å². The number of carbonyl (C=O) groups is 2. The first-order valence-corrected chi connectivity index (χ1v) is 15.7. The van der Waals surface area contributed by atoms with Gasteiger partial charge in [-0.3, -0.25) is 9.36 Å². The molecule has 0 radical (unpaired) electrons. The second kappa shape index (κ2) is 13.6. The van der Waals surface area contributed by atoms with Crippen LogP contribution in [0.5, 0.6) is 5.75 Å². The highest BCUT2D eigenvalue weighted by atomic mass is 31.2. The summed E-state index contributed by atoms with van der Waals surface area (Å²) in [5.41, 5.74) is 2.15. The van der Waals surface area contributed by atoms with Crippen LogP contribution in [-0.2, 0) is 24.6 Å². The molecule has 9 heteroatoms. The van der Waals surface area contributed by atoms with Crippen molar-refractivity contribution in [2.24, 2.45) is 5.41 Å². The summed E-state index contributed by atoms with van der Waals surface area (Å²) in [7, 11) is -3.23. The number of aryl methyl sites for hydroxylation is 1. The molecule has 3 amide bonds. The van der Waals surface area contributed by atoms with Crippen molar-refractivity contribution < 1.29 is 27.9 Å². The van der Waals surface area contributed by atoms with Crippen molar-refractivity contribution in [3.63, 3.8) is 0 Å². The number of nitrogens with one attached hydrogen (secondary N) is 1. The van der Waals surface area contributed by atoms with Gasteiger partial charge < -0.3 is 19.1 Å². The number of urea groups is 1. The normalized spacial score (nSPS) is 17.4. The van der Waals surface area contributed by atoms with Crippen molar-refractivity contribution in [2.45, 2.75) is 85.7 Å². The van der Waals surface area contributed by atoms with Gasteiger partial charge in [0, 0.05) is 0 Å². The Morgan fingerprint density at radius 1 is 0.974 bits per heavy atom. The van der Waals surface area contributed by atoms with Crippen molar-refractivity contribution in [2.75, 3.05) is 13.2 Å². The summed E-state index contributed by atoms with van der Waals surface area (Å²) in [4.78, 5) is 28.1. The van der Waals surface area contributed by atoms with Gasteiger partial charge in [0.2, 0.25) is 5.91 Å². The van der Waals surface area contributed by atoms with Gasteiger partial charge in [0.1, 0.15) is 11.2 Å². The number of ether oxygens (including phenoxy) is 1. The second-order valence-electron chi connectivity index (χ2n) is 9.96. The molecule has 3 rings (SSSR count). The number of benzene rings is 2. The van der Waals surface area contributed by atoms with E-state index in [0.717, 1.165) is 29.5 Å². The highest BCUT2D eigenvalue weighted by molar-refractivity contribution is 7.53. The van der Waals surface area contributed by atoms with E-state index in [9.17, 15) is 14.2 Å². The highest BCUT2D eigenvalue weighted by Crippen LogP contribution is 2.51. The minimum absolute atomic E-state index is 0.150. The Hall–Kier alpha value is -2.67. The minimum atomic E-state index is -3.23. The van der Waals surface area contributed by atoms with Gasteiger partial charge in [-0.2, -0.15) is 0 Å². The van der Waals surface area contributed by atoms with Crippen LogP contribution < -0.4 is 10.1 Å². The molecular weight excluding hydrogens is 515 g/mol. The lowest BCUT2D eigenvalue weighted by Gasteiger charge is -2.53. The molecule has 0 unspecified atom stereocenters. The summed E-state index contributed by atoms with van der Waals surface area (Å²) >= 11 is 0. The largest absolute Gasteiger partial charge is 0.469 e. The molecule has 0 spiro atoms. The van der Waals surface area contributed by atoms with E-state index >= 15 is 0 Å². The summed E-state index contributed by atoms with van der Waals surface area (Å²) in [5.74, 6) is 0.298. The van der Waals surface area contributed by atoms with E-state index in [1.165, 1.54) is 4.90 Å². The zero-order valence-electron chi connectivity index (χ0n) is 24.1. The first-order chi connectivity index (χ1) is 18.7. The molecule has 1 saturated heterocycles. The molecule has 0 aromatic heterocycles. The topological polar surface area (TPSA) is 94.2 Å². The van der Waals surface area contributed by atoms with Gasteiger partial charge in [0.05, 0.1) is 25.4 Å². The van der Waals surface area contributed by atoms with Gasteiger partial charge >= 0.3 is 13.6 Å². The fourth-order valence-corrected chi connectivity index (χ4v) is 6.78. The molecule has 8 nitrogen and oxygen atoms in total. The predicted octanol–water partition coefficient (Wildman–Crippen LogP) is 7.37. The smallest absolute Gasteiger partial charge is 0.335 e. The number of nitrogens with zero attached hydrogens (tertiary/aromatic N) is 1. The van der Waals surface area contributed by atoms with E-state index in [2.05, 4.69) is 12.2 Å². The van der Waals surface area contributed by atoms with Gasteiger partial charge in [0.15, 0.2) is 6.23 Å². The van der Waals surface area contributed by atoms with Crippen LogP contribution in [0.25, 0.3) is 0 Å². The van der Waals surface area contributed by atoms with Crippen LogP contribution in [0.15, 0.2) is 48.5 Å². The number of amides is 3. The molecule has 214 valence electrons. The maximum absolute atomic E-state index is 13.5. The molecule has 0 aliphatic carbocycles. The average molecular weight is 559 g/mol. The van der Waals surface area contributed by atoms with Crippen LogP contribution in [-0.4, -0.2) is 36.3 Å². The van der Waals surface area contributed by atoms with Crippen molar-refractivity contribution in [1.82, 2.24) is 10.2 Å². The van der Waals surface area contributed by atoms with Crippen LogP contribution >= 0.6 is 7.60 Å². The van der Waals surface area contributed by atoms with Crippen LogP contribution in [0.1, 0.15) is 83.0 Å². The Bertz CT molecular complexity index is 1140. The van der Waals surface area contributed by atoms with Crippen LogP contribution in [0.2, 0.25) is 0 Å². The molecule has 2 aromatic carbocycles. The predicted molar refractivity (Wildman–Crippen MR) is 153 cm³/mol. The van der Waals surface area contributed by atoms with Crippen molar-refractivity contribution in [3.8, 4) is 5.75 Å². The molecule has 0 saturated carbocycles. The number of hydrogen-bond donors (Lipinski definition) is 1. The van der Waals surface area contributed by atoms with E-state index in [-0.39, 0.29) is 18.1 Å². The van der Waals surface area contributed by atoms with Gasteiger partial charge in [-0.15, -0.1) is 0 Å². The number of hydrogen-bond acceptors (Lipinski definition) is 6. The first-order valence-electron chi connectivity index (χ1n) is 14.0. The third-order valence-electron chi connectivity index (χ3n) is 7.39. The van der Waals surface area contributed by atoms with E-state index < -0.39 is 25.3 Å². The number of carbonyl (C=O) groups excluding carboxylic acids is 2. The van der Waals surface area contributed by atoms with Crippen LogP contribution in [0, 0.1) is 12.3 Å². The maximum Gasteiger partial charge on any atom is 0.335 e. The van der Waals surface area contributed by atoms with Gasteiger partial charge in [-0.1, -0.05) is 69.2 Å². The fraction of sp³-hybridized carbons (Fsp3) is 0.533. The van der Waals surface area contributed by atoms with Crippen LogP contribution in [0.3, 0.4) is 0 Å². The summed E-state index contributed by atoms with van der Waals surface area (Å²) in [6.07, 6.45) is 2.16. The van der Waals surface area contributed by atoms with Gasteiger partial charge in [-0.25, -0.2) is 9.69 Å². The molecule has 1 N–H and O–H groups in total. The van der Waals surface area contributed by atoms with Gasteiger partial charge in [-0.05, 0) is 63.3 Å². The minimum Gasteiger partial charge on any atom is -0.469 e. The zero-order chi connectivity index (χ0) is 28.6. The third-order valence-corrected chi connectivity index (χ3v) is 9.44. The Balaban J connectivity index is 1.79. The molecule has 2 atom stereocenters. The average Bonchev–Trinajstić information content (AvgIpc) is 2.91. The summed E-state index contributed by atoms with van der Waals surface area (Å²) in [5, 5.41) is 3.07. The lowest BCUT2D eigenvalue weighted by atomic mass is 9.72. The fourth-order valence-electron chi connectivity index (χ4n) is 5.07. The monoisotopic (exact) mass is 558 g/mol. The number of β-lactam (4-membered cyclic amide) rings is 1. The molecule has 2 aromatic rings. The Labute approximate surface area is 232 Å². The Morgan fingerprint density at radius 3 is 2.08 bits per heavy atom. The highest BCUT2D eigenvalue weighted by Gasteiger charge is 2.63. The molecule has 1 heterocycles. The lowest BCUT2D eigenvalue weighted by Crippen LogP contribution is -2.73. The summed E-state index contributed by atoms with van der Waals surface area (Å²) in [6, 6.07) is 14.6. The lowest BCUT2D eigenvalue weighted by molar-refractivity contribution is -0.191. The van der Waals surface area contributed by atoms with Crippen molar-refractivity contribution >= 4 is 19.5 Å². The van der Waals surface area contributed by atoms with Crippen LogP contribution in [0.4, 0.5) is 4.79 Å². The standard InChI is InChI=1S/C30H43N2O6P/c1-7-12-26(24-17-13-22(6)14-18-24)31-29(34)32-27(33)30(8-2,9-3)28(32)38-25-19-15-23(16-20-25)21-39(35,36-10-4)37-11-5/h13-20,26,28H,7-12,21H2,1-6H3,(H,31,34)/t26-,28+/m1/s1. The summed E-state index contributed by atoms with van der Waals surface area (Å²) in [6.45, 7) is 12.1. The third kappa shape index (κ3) is 6.92. The first kappa shape index (κ1) is 30.9. The molecule has 0 bridgehead atoms. The molecule has 39 heavy (non-hydrogen) atoms. The summed E-state index contributed by atoms with van der Waals surface area (Å²) < 4.78 is 30.0. The van der Waals surface area contributed by atoms with E-state index in [0.29, 0.717) is 31.8 Å². The Kier molecular flexibility index (Phi) is 10.8. The molecular formula is C30H43N2O6P. The van der Waals surface area contributed by atoms with Gasteiger partial charge in [0.25, 0.3) is 0 Å². The SMILES string of the molecule is CCC[C@@H](NC(=O)N1C(=O)C(CC)(CC)[C@@H]1Oc1ccc(CP(=O)(OCC)OCC)cc1)c1ccc(C)cc1. The maximum atomic E-state index is 13.5. The quantitative estimate of drug-likeness (QED) is 0.192. The van der Waals surface area contributed by atoms with E-state index in [1.54, 1.807) is 38.1 Å². The second-order valence-corrected chi connectivity index (χ2v) is 12.0. The molecule has 1 aliphatic heterocycles. The molecule has 1 aliphatic rings. The number of imide groups is 1. The Morgan fingerprint density at radius 2 is 1.56 bits per heavy atom. The number of rotatable bonds is 14. The van der Waals surface area contributed by atoms with Crippen molar-refractivity contribution in [1.29, 1.82) is 0 Å². The zero-order valence-corrected chi connectivity index (χ0v) is 25.0. The number of likely N-dealkylation sites (tertiary alicyclic amines) is 1. The van der Waals surface area contributed by atoms with E-state index in [1.807, 2.05) is 45.0 Å².